The summed E-state index contributed by atoms with van der Waals surface area (Å²) in [6, 6.07) is 9.36. The molecule has 1 aromatic carbocycles. The molecule has 0 aromatic heterocycles. The number of rotatable bonds is 7. The normalized spacial score (nSPS) is 14.2. The molecule has 1 aromatic rings. The van der Waals surface area contributed by atoms with Crippen LogP contribution in [0, 0.1) is 5.92 Å². The van der Waals surface area contributed by atoms with E-state index in [0.717, 1.165) is 12.1 Å². The van der Waals surface area contributed by atoms with Crippen molar-refractivity contribution in [1.29, 1.82) is 0 Å². The molecule has 0 bridgehead atoms. The number of amides is 1. The highest BCUT2D eigenvalue weighted by atomic mass is 16.2. The van der Waals surface area contributed by atoms with E-state index in [9.17, 15) is 4.79 Å². The summed E-state index contributed by atoms with van der Waals surface area (Å²) in [7, 11) is 0. The molecule has 0 heterocycles. The summed E-state index contributed by atoms with van der Waals surface area (Å²) >= 11 is 0. The Bertz CT molecular complexity index is 378. The van der Waals surface area contributed by atoms with Gasteiger partial charge >= 0.3 is 0 Å². The highest BCUT2D eigenvalue weighted by Crippen LogP contribution is 2.09. The van der Waals surface area contributed by atoms with Gasteiger partial charge in [0.1, 0.15) is 0 Å². The number of carbonyl (C=O) groups is 1. The molecule has 0 fully saturated rings. The first kappa shape index (κ1) is 15.7. The van der Waals surface area contributed by atoms with Crippen molar-refractivity contribution in [1.82, 2.24) is 5.32 Å². The third-order valence-electron chi connectivity index (χ3n) is 3.11. The van der Waals surface area contributed by atoms with Gasteiger partial charge in [0, 0.05) is 18.3 Å². The molecular formula is C15H25N3O. The Labute approximate surface area is 115 Å². The van der Waals surface area contributed by atoms with Gasteiger partial charge in [-0.2, -0.15) is 0 Å². The largest absolute Gasteiger partial charge is 0.327 e. The summed E-state index contributed by atoms with van der Waals surface area (Å²) in [5, 5.41) is 6.18. The molecule has 4 N–H and O–H groups in total. The lowest BCUT2D eigenvalue weighted by Crippen LogP contribution is -2.48. The average Bonchev–Trinajstić information content (AvgIpc) is 2.39. The van der Waals surface area contributed by atoms with E-state index in [1.54, 1.807) is 0 Å². The van der Waals surface area contributed by atoms with Gasteiger partial charge in [-0.15, -0.1) is 0 Å². The van der Waals surface area contributed by atoms with Crippen LogP contribution in [0.15, 0.2) is 30.3 Å². The predicted molar refractivity (Wildman–Crippen MR) is 80.0 cm³/mol. The third-order valence-corrected chi connectivity index (χ3v) is 3.11. The zero-order chi connectivity index (χ0) is 14.3. The Hall–Kier alpha value is -1.39. The first-order valence-corrected chi connectivity index (χ1v) is 6.89. The average molecular weight is 263 g/mol. The van der Waals surface area contributed by atoms with E-state index in [1.165, 1.54) is 0 Å². The van der Waals surface area contributed by atoms with Crippen molar-refractivity contribution in [3.63, 3.8) is 0 Å². The van der Waals surface area contributed by atoms with Crippen LogP contribution in [0.25, 0.3) is 0 Å². The van der Waals surface area contributed by atoms with Crippen LogP contribution in [0.1, 0.15) is 27.2 Å². The molecular weight excluding hydrogens is 238 g/mol. The molecule has 1 rings (SSSR count). The Morgan fingerprint density at radius 2 is 1.89 bits per heavy atom. The van der Waals surface area contributed by atoms with Crippen molar-refractivity contribution in [3.8, 4) is 0 Å². The molecule has 0 aliphatic carbocycles. The second kappa shape index (κ2) is 7.92. The maximum absolute atomic E-state index is 12.2. The molecule has 106 valence electrons. The molecule has 0 aliphatic heterocycles. The van der Waals surface area contributed by atoms with Crippen molar-refractivity contribution < 1.29 is 4.79 Å². The molecule has 0 spiro atoms. The summed E-state index contributed by atoms with van der Waals surface area (Å²) < 4.78 is 0. The van der Waals surface area contributed by atoms with Gasteiger partial charge in [0.25, 0.3) is 0 Å². The molecule has 2 atom stereocenters. The van der Waals surface area contributed by atoms with Crippen LogP contribution in [-0.2, 0) is 4.79 Å². The molecule has 0 saturated carbocycles. The number of nitrogens with two attached hydrogens (primary N) is 1. The van der Waals surface area contributed by atoms with Gasteiger partial charge in [0.05, 0.1) is 6.04 Å². The molecule has 0 saturated heterocycles. The Morgan fingerprint density at radius 3 is 2.42 bits per heavy atom. The van der Waals surface area contributed by atoms with Gasteiger partial charge in [-0.25, -0.2) is 0 Å². The number of hydrogen-bond donors (Lipinski definition) is 3. The van der Waals surface area contributed by atoms with E-state index >= 15 is 0 Å². The number of carbonyl (C=O) groups excluding carboxylic acids is 1. The summed E-state index contributed by atoms with van der Waals surface area (Å²) in [5.74, 6) is 0.206. The van der Waals surface area contributed by atoms with Crippen molar-refractivity contribution in [3.05, 3.63) is 30.3 Å². The van der Waals surface area contributed by atoms with Gasteiger partial charge in [-0.1, -0.05) is 39.0 Å². The van der Waals surface area contributed by atoms with Crippen LogP contribution < -0.4 is 16.4 Å². The van der Waals surface area contributed by atoms with E-state index in [0.29, 0.717) is 6.54 Å². The summed E-state index contributed by atoms with van der Waals surface area (Å²) in [6.45, 7) is 6.75. The SMILES string of the molecule is CC[C@@H](N)CN[C@H](C(=O)Nc1ccccc1)C(C)C. The number of para-hydroxylation sites is 1. The lowest BCUT2D eigenvalue weighted by Gasteiger charge is -2.23. The lowest BCUT2D eigenvalue weighted by molar-refractivity contribution is -0.119. The first-order chi connectivity index (χ1) is 9.04. The van der Waals surface area contributed by atoms with Crippen molar-refractivity contribution in [2.75, 3.05) is 11.9 Å². The van der Waals surface area contributed by atoms with E-state index in [1.807, 2.05) is 51.1 Å². The van der Waals surface area contributed by atoms with Crippen LogP contribution in [0.4, 0.5) is 5.69 Å². The first-order valence-electron chi connectivity index (χ1n) is 6.89. The third kappa shape index (κ3) is 5.41. The Kier molecular flexibility index (Phi) is 6.53. The lowest BCUT2D eigenvalue weighted by atomic mass is 10.0. The van der Waals surface area contributed by atoms with Crippen molar-refractivity contribution >= 4 is 11.6 Å². The molecule has 0 aliphatic rings. The second-order valence-corrected chi connectivity index (χ2v) is 5.15. The van der Waals surface area contributed by atoms with E-state index in [2.05, 4.69) is 10.6 Å². The number of anilines is 1. The Balaban J connectivity index is 2.58. The fraction of sp³-hybridized carbons (Fsp3) is 0.533. The zero-order valence-electron chi connectivity index (χ0n) is 12.0. The van der Waals surface area contributed by atoms with Crippen LogP contribution in [0.3, 0.4) is 0 Å². The highest BCUT2D eigenvalue weighted by Gasteiger charge is 2.22. The van der Waals surface area contributed by atoms with E-state index < -0.39 is 0 Å². The molecule has 0 unspecified atom stereocenters. The fourth-order valence-corrected chi connectivity index (χ4v) is 1.80. The molecule has 1 amide bonds. The quantitative estimate of drug-likeness (QED) is 0.704. The number of hydrogen-bond acceptors (Lipinski definition) is 3. The van der Waals surface area contributed by atoms with Crippen molar-refractivity contribution in [2.45, 2.75) is 39.3 Å². The van der Waals surface area contributed by atoms with Gasteiger partial charge < -0.3 is 16.4 Å². The number of benzene rings is 1. The highest BCUT2D eigenvalue weighted by molar-refractivity contribution is 5.94. The minimum Gasteiger partial charge on any atom is -0.327 e. The standard InChI is InChI=1S/C15H25N3O/c1-4-12(16)10-17-14(11(2)3)15(19)18-13-8-6-5-7-9-13/h5-9,11-12,14,17H,4,10,16H2,1-3H3,(H,18,19)/t12-,14+/m1/s1. The molecule has 19 heavy (non-hydrogen) atoms. The maximum Gasteiger partial charge on any atom is 0.241 e. The van der Waals surface area contributed by atoms with Gasteiger partial charge in [0.2, 0.25) is 5.91 Å². The summed E-state index contributed by atoms with van der Waals surface area (Å²) in [5.41, 5.74) is 6.70. The molecule has 4 nitrogen and oxygen atoms in total. The molecule has 4 heteroatoms. The summed E-state index contributed by atoms with van der Waals surface area (Å²) in [4.78, 5) is 12.2. The maximum atomic E-state index is 12.2. The second-order valence-electron chi connectivity index (χ2n) is 5.15. The fourth-order valence-electron chi connectivity index (χ4n) is 1.80. The smallest absolute Gasteiger partial charge is 0.241 e. The zero-order valence-corrected chi connectivity index (χ0v) is 12.0. The van der Waals surface area contributed by atoms with Gasteiger partial charge in [0.15, 0.2) is 0 Å². The van der Waals surface area contributed by atoms with Crippen LogP contribution in [0.2, 0.25) is 0 Å². The monoisotopic (exact) mass is 263 g/mol. The summed E-state index contributed by atoms with van der Waals surface area (Å²) in [6.07, 6.45) is 0.901. The van der Waals surface area contributed by atoms with Crippen molar-refractivity contribution in [2.24, 2.45) is 11.7 Å². The van der Waals surface area contributed by atoms with Crippen LogP contribution in [-0.4, -0.2) is 24.5 Å². The minimum atomic E-state index is -0.224. The van der Waals surface area contributed by atoms with Crippen LogP contribution in [0.5, 0.6) is 0 Å². The molecule has 0 radical (unpaired) electrons. The topological polar surface area (TPSA) is 67.1 Å². The van der Waals surface area contributed by atoms with E-state index in [-0.39, 0.29) is 23.9 Å². The predicted octanol–water partition coefficient (Wildman–Crippen LogP) is 1.98. The Morgan fingerprint density at radius 1 is 1.26 bits per heavy atom. The van der Waals surface area contributed by atoms with Crippen LogP contribution >= 0.6 is 0 Å². The number of nitrogens with one attached hydrogen (secondary N) is 2. The van der Waals surface area contributed by atoms with E-state index in [4.69, 9.17) is 5.73 Å². The van der Waals surface area contributed by atoms with Gasteiger partial charge in [-0.05, 0) is 24.5 Å². The van der Waals surface area contributed by atoms with Gasteiger partial charge in [-0.3, -0.25) is 4.79 Å². The minimum absolute atomic E-state index is 0.00972.